The fourth-order valence-corrected chi connectivity index (χ4v) is 4.74. The van der Waals surface area contributed by atoms with Crippen LogP contribution in [0.3, 0.4) is 0 Å². The van der Waals surface area contributed by atoms with Crippen molar-refractivity contribution in [3.05, 3.63) is 33.9 Å². The highest BCUT2D eigenvalue weighted by Crippen LogP contribution is 2.42. The quantitative estimate of drug-likeness (QED) is 0.230. The van der Waals surface area contributed by atoms with Crippen LogP contribution in [0.15, 0.2) is 11.6 Å². The number of allylic oxidation sites excluding steroid dienone is 2. The molecule has 11 heteroatoms. The van der Waals surface area contributed by atoms with Crippen molar-refractivity contribution in [1.29, 1.82) is 0 Å². The fraction of sp³-hybridized carbons (Fsp3) is 0.577. The summed E-state index contributed by atoms with van der Waals surface area (Å²) in [5.41, 5.74) is 3.24. The molecule has 37 heavy (non-hydrogen) atoms. The number of nitrogens with zero attached hydrogens (tertiary/aromatic N) is 1. The number of rotatable bonds is 10. The van der Waals surface area contributed by atoms with Crippen LogP contribution in [0.4, 0.5) is 5.69 Å². The number of amides is 1. The van der Waals surface area contributed by atoms with Crippen molar-refractivity contribution in [2.75, 3.05) is 38.7 Å². The van der Waals surface area contributed by atoms with Crippen LogP contribution in [0.25, 0.3) is 0 Å². The number of hydrogen-bond acceptors (Lipinski definition) is 7. The van der Waals surface area contributed by atoms with E-state index in [9.17, 15) is 14.4 Å². The van der Waals surface area contributed by atoms with Gasteiger partial charge in [-0.3, -0.25) is 14.5 Å². The van der Waals surface area contributed by atoms with Gasteiger partial charge >= 0.3 is 11.9 Å². The van der Waals surface area contributed by atoms with Crippen molar-refractivity contribution in [2.24, 2.45) is 0 Å². The first kappa shape index (κ1) is 29.6. The zero-order chi connectivity index (χ0) is 27.2. The van der Waals surface area contributed by atoms with Crippen LogP contribution in [-0.4, -0.2) is 59.9 Å². The Balaban J connectivity index is 1.71. The number of anilines is 1. The van der Waals surface area contributed by atoms with Crippen LogP contribution in [0.1, 0.15) is 66.1 Å². The molecule has 204 valence electrons. The lowest BCUT2D eigenvalue weighted by molar-refractivity contribution is -0.144. The third kappa shape index (κ3) is 7.76. The molecule has 1 fully saturated rings. The number of nitrogens with one attached hydrogen (secondary N) is 1. The number of carbonyl (C=O) groups excluding carboxylic acids is 3. The molecule has 2 aliphatic rings. The standard InChI is InChI=1S/C26H33Cl3N2O6/c1-16(8-10-20(32)36-14-13-31-11-5-4-6-12-31)7-9-18-22(30-25(34)26(27,28)29)21-19(15-37-24(21)33)17(2)23(18)35-3/h7H,4-6,8-15H2,1-3H3,(H,30,34). The van der Waals surface area contributed by atoms with Crippen molar-refractivity contribution >= 4 is 58.3 Å². The van der Waals surface area contributed by atoms with Gasteiger partial charge in [0.2, 0.25) is 0 Å². The largest absolute Gasteiger partial charge is 0.496 e. The number of alkyl halides is 3. The molecule has 1 aromatic carbocycles. The number of hydrogen-bond donors (Lipinski definition) is 1. The molecule has 0 bridgehead atoms. The third-order valence-electron chi connectivity index (χ3n) is 6.67. The van der Waals surface area contributed by atoms with Crippen molar-refractivity contribution in [2.45, 2.75) is 62.8 Å². The van der Waals surface area contributed by atoms with Crippen LogP contribution in [0.5, 0.6) is 5.75 Å². The van der Waals surface area contributed by atoms with Gasteiger partial charge in [0.1, 0.15) is 19.0 Å². The summed E-state index contributed by atoms with van der Waals surface area (Å²) in [5.74, 6) is -1.22. The number of cyclic esters (lactones) is 1. The molecule has 2 heterocycles. The summed E-state index contributed by atoms with van der Waals surface area (Å²) in [6, 6.07) is 0. The Bertz CT molecular complexity index is 1060. The molecule has 0 aliphatic carbocycles. The second-order valence-electron chi connectivity index (χ2n) is 9.27. The Labute approximate surface area is 232 Å². The Morgan fingerprint density at radius 3 is 2.51 bits per heavy atom. The minimum atomic E-state index is -2.23. The Kier molecular flexibility index (Phi) is 10.5. The maximum atomic E-state index is 12.5. The number of esters is 2. The molecule has 1 saturated heterocycles. The lowest BCUT2D eigenvalue weighted by Crippen LogP contribution is -2.33. The second-order valence-corrected chi connectivity index (χ2v) is 11.6. The van der Waals surface area contributed by atoms with E-state index in [0.29, 0.717) is 36.3 Å². The van der Waals surface area contributed by atoms with Gasteiger partial charge in [-0.15, -0.1) is 0 Å². The number of carbonyl (C=O) groups is 3. The van der Waals surface area contributed by atoms with Gasteiger partial charge < -0.3 is 19.5 Å². The van der Waals surface area contributed by atoms with E-state index < -0.39 is 15.7 Å². The van der Waals surface area contributed by atoms with Crippen molar-refractivity contribution < 1.29 is 28.6 Å². The Morgan fingerprint density at radius 2 is 1.86 bits per heavy atom. The minimum absolute atomic E-state index is 0.0576. The highest BCUT2D eigenvalue weighted by Gasteiger charge is 2.36. The SMILES string of the molecule is COc1c(C)c2c(c(NC(=O)C(Cl)(Cl)Cl)c1CC=C(C)CCC(=O)OCCN1CCCCC1)C(=O)OC2. The summed E-state index contributed by atoms with van der Waals surface area (Å²) in [4.78, 5) is 39.6. The van der Waals surface area contributed by atoms with Crippen LogP contribution in [-0.2, 0) is 32.1 Å². The average Bonchev–Trinajstić information content (AvgIpc) is 3.25. The number of methoxy groups -OCH3 is 1. The maximum absolute atomic E-state index is 12.5. The van der Waals surface area contributed by atoms with E-state index in [4.69, 9.17) is 49.0 Å². The normalized spacial score (nSPS) is 16.3. The van der Waals surface area contributed by atoms with Gasteiger partial charge in [-0.05, 0) is 58.2 Å². The molecular weight excluding hydrogens is 543 g/mol. The molecule has 8 nitrogen and oxygen atoms in total. The zero-order valence-electron chi connectivity index (χ0n) is 21.4. The molecule has 1 amide bonds. The molecule has 0 unspecified atom stereocenters. The van der Waals surface area contributed by atoms with Crippen LogP contribution in [0.2, 0.25) is 0 Å². The van der Waals surface area contributed by atoms with E-state index in [2.05, 4.69) is 10.2 Å². The van der Waals surface area contributed by atoms with Crippen molar-refractivity contribution in [3.8, 4) is 5.75 Å². The summed E-state index contributed by atoms with van der Waals surface area (Å²) < 4.78 is 14.0. The number of fused-ring (bicyclic) bond motifs is 1. The molecule has 0 atom stereocenters. The van der Waals surface area contributed by atoms with E-state index in [1.807, 2.05) is 19.9 Å². The predicted octanol–water partition coefficient (Wildman–Crippen LogP) is 5.28. The van der Waals surface area contributed by atoms with E-state index in [1.54, 1.807) is 0 Å². The Hall–Kier alpha value is -2.00. The van der Waals surface area contributed by atoms with Gasteiger partial charge in [-0.2, -0.15) is 0 Å². The van der Waals surface area contributed by atoms with Gasteiger partial charge in [0.25, 0.3) is 9.70 Å². The first-order valence-corrected chi connectivity index (χ1v) is 13.5. The summed E-state index contributed by atoms with van der Waals surface area (Å²) in [5, 5.41) is 2.58. The third-order valence-corrected chi connectivity index (χ3v) is 7.19. The van der Waals surface area contributed by atoms with E-state index in [1.165, 1.54) is 26.4 Å². The molecule has 0 aromatic heterocycles. The zero-order valence-corrected chi connectivity index (χ0v) is 23.7. The lowest BCUT2D eigenvalue weighted by Gasteiger charge is -2.25. The smallest absolute Gasteiger partial charge is 0.341 e. The minimum Gasteiger partial charge on any atom is -0.496 e. The second kappa shape index (κ2) is 13.2. The van der Waals surface area contributed by atoms with Crippen molar-refractivity contribution in [3.63, 3.8) is 0 Å². The summed E-state index contributed by atoms with van der Waals surface area (Å²) in [7, 11) is 1.51. The number of piperidine rings is 1. The maximum Gasteiger partial charge on any atom is 0.341 e. The molecule has 0 spiro atoms. The molecule has 1 aromatic rings. The number of halogens is 3. The molecule has 1 N–H and O–H groups in total. The molecule has 0 saturated carbocycles. The van der Waals surface area contributed by atoms with Gasteiger partial charge in [-0.25, -0.2) is 4.79 Å². The summed E-state index contributed by atoms with van der Waals surface area (Å²) in [6.07, 6.45) is 6.64. The first-order chi connectivity index (χ1) is 17.5. The number of likely N-dealkylation sites (tertiary alicyclic amines) is 1. The Morgan fingerprint density at radius 1 is 1.16 bits per heavy atom. The van der Waals surface area contributed by atoms with Crippen LogP contribution >= 0.6 is 34.8 Å². The monoisotopic (exact) mass is 574 g/mol. The number of ether oxygens (including phenoxy) is 3. The van der Waals surface area contributed by atoms with E-state index >= 15 is 0 Å². The average molecular weight is 576 g/mol. The molecule has 3 rings (SSSR count). The van der Waals surface area contributed by atoms with Gasteiger partial charge in [0, 0.05) is 24.1 Å². The molecular formula is C26H33Cl3N2O6. The van der Waals surface area contributed by atoms with E-state index in [-0.39, 0.29) is 30.2 Å². The van der Waals surface area contributed by atoms with Crippen LogP contribution in [0, 0.1) is 6.92 Å². The summed E-state index contributed by atoms with van der Waals surface area (Å²) in [6.45, 7) is 7.07. The number of benzene rings is 1. The summed E-state index contributed by atoms with van der Waals surface area (Å²) >= 11 is 17.3. The predicted molar refractivity (Wildman–Crippen MR) is 144 cm³/mol. The molecule has 2 aliphatic heterocycles. The fourth-order valence-electron chi connectivity index (χ4n) is 4.60. The van der Waals surface area contributed by atoms with E-state index in [0.717, 1.165) is 30.8 Å². The topological polar surface area (TPSA) is 94.2 Å². The highest BCUT2D eigenvalue weighted by molar-refractivity contribution is 6.76. The highest BCUT2D eigenvalue weighted by atomic mass is 35.6. The lowest BCUT2D eigenvalue weighted by atomic mass is 9.93. The van der Waals surface area contributed by atoms with Crippen LogP contribution < -0.4 is 10.1 Å². The molecule has 0 radical (unpaired) electrons. The van der Waals surface area contributed by atoms with Gasteiger partial charge in [-0.1, -0.05) is 52.9 Å². The first-order valence-electron chi connectivity index (χ1n) is 12.3. The van der Waals surface area contributed by atoms with Crippen molar-refractivity contribution in [1.82, 2.24) is 4.90 Å². The van der Waals surface area contributed by atoms with Gasteiger partial charge in [0.15, 0.2) is 0 Å². The van der Waals surface area contributed by atoms with Gasteiger partial charge in [0.05, 0.1) is 18.4 Å².